The quantitative estimate of drug-likeness (QED) is 0.734. The molecule has 0 aromatic carbocycles. The maximum absolute atomic E-state index is 12.3. The van der Waals surface area contributed by atoms with Gasteiger partial charge in [0.25, 0.3) is 0 Å². The number of hydrogen-bond donors (Lipinski definition) is 1. The Balaban J connectivity index is 4.94. The average molecular weight is 291 g/mol. The molecule has 0 aromatic rings. The van der Waals surface area contributed by atoms with Gasteiger partial charge >= 0.3 is 5.97 Å². The second-order valence-electron chi connectivity index (χ2n) is 6.51. The highest BCUT2D eigenvalue weighted by Crippen LogP contribution is 2.25. The fourth-order valence-electron chi connectivity index (χ4n) is 1.83. The van der Waals surface area contributed by atoms with Crippen LogP contribution in [0.5, 0.6) is 0 Å². The second kappa shape index (κ2) is 7.39. The van der Waals surface area contributed by atoms with E-state index in [9.17, 15) is 9.00 Å². The van der Waals surface area contributed by atoms with Crippen LogP contribution in [0.2, 0.25) is 0 Å². The first-order valence-corrected chi connectivity index (χ1v) is 7.95. The van der Waals surface area contributed by atoms with Gasteiger partial charge in [-0.2, -0.15) is 0 Å². The van der Waals surface area contributed by atoms with Crippen molar-refractivity contribution < 1.29 is 13.7 Å². The van der Waals surface area contributed by atoms with Gasteiger partial charge in [0, 0.05) is 5.54 Å². The van der Waals surface area contributed by atoms with Crippen molar-refractivity contribution in [3.63, 3.8) is 0 Å². The molecule has 5 heteroatoms. The van der Waals surface area contributed by atoms with Crippen molar-refractivity contribution in [2.45, 2.75) is 71.1 Å². The van der Waals surface area contributed by atoms with Gasteiger partial charge in [0.05, 0.1) is 29.3 Å². The Labute approximate surface area is 120 Å². The summed E-state index contributed by atoms with van der Waals surface area (Å²) in [4.78, 5) is 11.6. The van der Waals surface area contributed by atoms with Crippen molar-refractivity contribution in [3.8, 4) is 0 Å². The van der Waals surface area contributed by atoms with Gasteiger partial charge < -0.3 is 4.74 Å². The highest BCUT2D eigenvalue weighted by atomic mass is 32.2. The SMILES string of the molecule is CC[C@H](C)C[C@@](C)(CC(=O)OC)N[S@@](=O)C(C)(C)C. The van der Waals surface area contributed by atoms with Gasteiger partial charge in [0.15, 0.2) is 0 Å². The fourth-order valence-corrected chi connectivity index (χ4v) is 2.74. The number of carbonyl (C=O) groups is 1. The molecule has 0 saturated heterocycles. The third kappa shape index (κ3) is 7.06. The summed E-state index contributed by atoms with van der Waals surface area (Å²) < 4.78 is 19.8. The Morgan fingerprint density at radius 2 is 1.84 bits per heavy atom. The lowest BCUT2D eigenvalue weighted by Gasteiger charge is -2.34. The van der Waals surface area contributed by atoms with Crippen LogP contribution in [0.15, 0.2) is 0 Å². The van der Waals surface area contributed by atoms with Crippen LogP contribution >= 0.6 is 0 Å². The van der Waals surface area contributed by atoms with Crippen LogP contribution in [0.3, 0.4) is 0 Å². The minimum Gasteiger partial charge on any atom is -0.469 e. The van der Waals surface area contributed by atoms with Gasteiger partial charge in [-0.3, -0.25) is 4.79 Å². The summed E-state index contributed by atoms with van der Waals surface area (Å²) in [7, 11) is 0.180. The van der Waals surface area contributed by atoms with Crippen molar-refractivity contribution in [1.82, 2.24) is 4.72 Å². The number of methoxy groups -OCH3 is 1. The summed E-state index contributed by atoms with van der Waals surface area (Å²) in [5, 5.41) is 0. The first kappa shape index (κ1) is 18.6. The molecule has 0 aliphatic carbocycles. The number of nitrogens with one attached hydrogen (secondary N) is 1. The third-order valence-corrected chi connectivity index (χ3v) is 4.94. The predicted octanol–water partition coefficient (Wildman–Crippen LogP) is 2.80. The van der Waals surface area contributed by atoms with E-state index in [0.717, 1.165) is 12.8 Å². The second-order valence-corrected chi connectivity index (χ2v) is 8.48. The normalized spacial score (nSPS) is 18.5. The number of ether oxygens (including phenoxy) is 1. The zero-order valence-corrected chi connectivity index (χ0v) is 14.1. The largest absolute Gasteiger partial charge is 0.469 e. The molecular formula is C14H29NO3S. The molecule has 0 aliphatic rings. The van der Waals surface area contributed by atoms with Gasteiger partial charge in [0.1, 0.15) is 0 Å². The molecule has 0 amide bonds. The molecule has 0 aromatic heterocycles. The van der Waals surface area contributed by atoms with E-state index in [1.54, 1.807) is 0 Å². The maximum atomic E-state index is 12.3. The number of carbonyl (C=O) groups excluding carboxylic acids is 1. The third-order valence-electron chi connectivity index (χ3n) is 3.15. The van der Waals surface area contributed by atoms with Crippen molar-refractivity contribution in [1.29, 1.82) is 0 Å². The van der Waals surface area contributed by atoms with Gasteiger partial charge in [-0.05, 0) is 40.0 Å². The Morgan fingerprint density at radius 1 is 1.32 bits per heavy atom. The first-order valence-electron chi connectivity index (χ1n) is 6.80. The van der Waals surface area contributed by atoms with Crippen molar-refractivity contribution in [2.24, 2.45) is 5.92 Å². The molecule has 1 N–H and O–H groups in total. The van der Waals surface area contributed by atoms with E-state index in [2.05, 4.69) is 18.6 Å². The van der Waals surface area contributed by atoms with E-state index in [4.69, 9.17) is 4.74 Å². The Kier molecular flexibility index (Phi) is 7.22. The van der Waals surface area contributed by atoms with Crippen LogP contribution in [0, 0.1) is 5.92 Å². The number of rotatable bonds is 7. The van der Waals surface area contributed by atoms with Crippen LogP contribution in [-0.2, 0) is 20.5 Å². The molecule has 0 saturated carbocycles. The summed E-state index contributed by atoms with van der Waals surface area (Å²) in [6.07, 6.45) is 2.05. The average Bonchev–Trinajstić information content (AvgIpc) is 2.26. The monoisotopic (exact) mass is 291 g/mol. The van der Waals surface area contributed by atoms with Crippen molar-refractivity contribution >= 4 is 17.0 Å². The van der Waals surface area contributed by atoms with E-state index in [-0.39, 0.29) is 17.1 Å². The van der Waals surface area contributed by atoms with Gasteiger partial charge in [-0.15, -0.1) is 0 Å². The zero-order chi connectivity index (χ0) is 15.3. The Bertz CT molecular complexity index is 325. The molecule has 3 atom stereocenters. The van der Waals surface area contributed by atoms with E-state index >= 15 is 0 Å². The molecule has 0 unspecified atom stereocenters. The Morgan fingerprint density at radius 3 is 2.21 bits per heavy atom. The smallest absolute Gasteiger partial charge is 0.307 e. The number of hydrogen-bond acceptors (Lipinski definition) is 3. The summed E-state index contributed by atoms with van der Waals surface area (Å²) in [5.74, 6) is 0.184. The molecule has 19 heavy (non-hydrogen) atoms. The molecule has 0 heterocycles. The fraction of sp³-hybridized carbons (Fsp3) is 0.929. The summed E-state index contributed by atoms with van der Waals surface area (Å²) in [6.45, 7) is 11.9. The van der Waals surface area contributed by atoms with E-state index < -0.39 is 16.5 Å². The molecule has 114 valence electrons. The van der Waals surface area contributed by atoms with Crippen LogP contribution in [0.25, 0.3) is 0 Å². The molecule has 0 spiro atoms. The molecule has 0 bridgehead atoms. The lowest BCUT2D eigenvalue weighted by atomic mass is 9.87. The topological polar surface area (TPSA) is 55.4 Å². The lowest BCUT2D eigenvalue weighted by molar-refractivity contribution is -0.142. The molecule has 0 fully saturated rings. The molecule has 0 radical (unpaired) electrons. The highest BCUT2D eigenvalue weighted by Gasteiger charge is 2.34. The highest BCUT2D eigenvalue weighted by molar-refractivity contribution is 7.84. The minimum atomic E-state index is -1.20. The first-order chi connectivity index (χ1) is 8.54. The van der Waals surface area contributed by atoms with Crippen molar-refractivity contribution in [3.05, 3.63) is 0 Å². The standard InChI is InChI=1S/C14H29NO3S/c1-8-11(2)9-14(6,10-12(16)18-7)15-19(17)13(3,4)5/h11,15H,8-10H2,1-7H3/t11-,14-,19-/m0/s1. The predicted molar refractivity (Wildman–Crippen MR) is 80.1 cm³/mol. The van der Waals surface area contributed by atoms with E-state index in [0.29, 0.717) is 5.92 Å². The van der Waals surface area contributed by atoms with Crippen molar-refractivity contribution in [2.75, 3.05) is 7.11 Å². The number of esters is 1. The Hall–Kier alpha value is -0.420. The zero-order valence-electron chi connectivity index (χ0n) is 13.3. The van der Waals surface area contributed by atoms with E-state index in [1.807, 2.05) is 27.7 Å². The van der Waals surface area contributed by atoms with Gasteiger partial charge in [0.2, 0.25) is 0 Å². The molecule has 0 aliphatic heterocycles. The van der Waals surface area contributed by atoms with Crippen LogP contribution in [0.4, 0.5) is 0 Å². The summed E-state index contributed by atoms with van der Waals surface area (Å²) in [6, 6.07) is 0. The van der Waals surface area contributed by atoms with E-state index in [1.165, 1.54) is 7.11 Å². The summed E-state index contributed by atoms with van der Waals surface area (Å²) in [5.41, 5.74) is -0.499. The van der Waals surface area contributed by atoms with Crippen LogP contribution in [-0.4, -0.2) is 27.6 Å². The van der Waals surface area contributed by atoms with Gasteiger partial charge in [-0.1, -0.05) is 20.3 Å². The summed E-state index contributed by atoms with van der Waals surface area (Å²) >= 11 is 0. The molecule has 0 rings (SSSR count). The molecular weight excluding hydrogens is 262 g/mol. The lowest BCUT2D eigenvalue weighted by Crippen LogP contribution is -2.50. The van der Waals surface area contributed by atoms with Crippen LogP contribution in [0.1, 0.15) is 60.8 Å². The van der Waals surface area contributed by atoms with Gasteiger partial charge in [-0.25, -0.2) is 8.93 Å². The maximum Gasteiger partial charge on any atom is 0.307 e. The molecule has 4 nitrogen and oxygen atoms in total. The van der Waals surface area contributed by atoms with Crippen LogP contribution < -0.4 is 4.72 Å². The minimum absolute atomic E-state index is 0.232.